The third-order valence-corrected chi connectivity index (χ3v) is 4.39. The Morgan fingerprint density at radius 2 is 1.94 bits per heavy atom. The van der Waals surface area contributed by atoms with Crippen molar-refractivity contribution in [2.45, 2.75) is 56.9 Å². The predicted molar refractivity (Wildman–Crippen MR) is 83.4 cm³/mol. The Balaban J connectivity index is 2.29. The standard InChI is InChI=1S/C16H27NS/c1-4-5-6-7-8-12-18-16-11-9-10-15(13-16)14(2)17-3/h9-11,13-14,17H,4-8,12H2,1-3H3. The van der Waals surface area contributed by atoms with Crippen LogP contribution in [-0.4, -0.2) is 12.8 Å². The molecule has 1 aromatic rings. The first-order valence-electron chi connectivity index (χ1n) is 7.18. The zero-order valence-corrected chi connectivity index (χ0v) is 12.9. The third-order valence-electron chi connectivity index (χ3n) is 3.31. The van der Waals surface area contributed by atoms with E-state index in [4.69, 9.17) is 0 Å². The Bertz CT molecular complexity index is 325. The van der Waals surface area contributed by atoms with E-state index in [1.807, 2.05) is 18.8 Å². The highest BCUT2D eigenvalue weighted by Crippen LogP contribution is 2.23. The number of nitrogens with one attached hydrogen (secondary N) is 1. The van der Waals surface area contributed by atoms with Crippen molar-refractivity contribution >= 4 is 11.8 Å². The summed E-state index contributed by atoms with van der Waals surface area (Å²) in [6, 6.07) is 9.35. The minimum absolute atomic E-state index is 0.440. The molecule has 0 aromatic heterocycles. The van der Waals surface area contributed by atoms with E-state index in [-0.39, 0.29) is 0 Å². The lowest BCUT2D eigenvalue weighted by atomic mass is 10.1. The van der Waals surface area contributed by atoms with Gasteiger partial charge in [0.05, 0.1) is 0 Å². The molecule has 1 unspecified atom stereocenters. The molecule has 1 N–H and O–H groups in total. The van der Waals surface area contributed by atoms with E-state index >= 15 is 0 Å². The van der Waals surface area contributed by atoms with E-state index in [1.165, 1.54) is 48.3 Å². The molecular weight excluding hydrogens is 238 g/mol. The first kappa shape index (κ1) is 15.6. The molecule has 0 aliphatic carbocycles. The van der Waals surface area contributed by atoms with Crippen molar-refractivity contribution in [2.24, 2.45) is 0 Å². The summed E-state index contributed by atoms with van der Waals surface area (Å²) >= 11 is 1.99. The molecule has 0 saturated carbocycles. The summed E-state index contributed by atoms with van der Waals surface area (Å²) in [6.45, 7) is 4.47. The summed E-state index contributed by atoms with van der Waals surface area (Å²) in [7, 11) is 2.01. The summed E-state index contributed by atoms with van der Waals surface area (Å²) in [5.74, 6) is 1.25. The van der Waals surface area contributed by atoms with E-state index in [0.29, 0.717) is 6.04 Å². The zero-order chi connectivity index (χ0) is 13.2. The Labute approximate surface area is 117 Å². The molecule has 0 amide bonds. The molecule has 2 heteroatoms. The van der Waals surface area contributed by atoms with Crippen molar-refractivity contribution in [3.63, 3.8) is 0 Å². The lowest BCUT2D eigenvalue weighted by Gasteiger charge is -2.11. The maximum absolute atomic E-state index is 3.29. The molecule has 1 aromatic carbocycles. The summed E-state index contributed by atoms with van der Waals surface area (Å²) in [6.07, 6.45) is 6.84. The molecule has 0 aliphatic heterocycles. The molecule has 0 fully saturated rings. The van der Waals surface area contributed by atoms with Crippen LogP contribution in [0, 0.1) is 0 Å². The van der Waals surface area contributed by atoms with Crippen molar-refractivity contribution in [3.8, 4) is 0 Å². The Kier molecular flexibility index (Phi) is 8.19. The fraction of sp³-hybridized carbons (Fsp3) is 0.625. The number of unbranched alkanes of at least 4 members (excludes halogenated alkanes) is 4. The van der Waals surface area contributed by atoms with E-state index < -0.39 is 0 Å². The molecule has 0 radical (unpaired) electrons. The van der Waals surface area contributed by atoms with E-state index in [2.05, 4.69) is 43.4 Å². The minimum Gasteiger partial charge on any atom is -0.313 e. The lowest BCUT2D eigenvalue weighted by molar-refractivity contribution is 0.650. The molecule has 0 spiro atoms. The highest BCUT2D eigenvalue weighted by Gasteiger charge is 2.03. The number of hydrogen-bond acceptors (Lipinski definition) is 2. The second-order valence-electron chi connectivity index (χ2n) is 4.85. The maximum Gasteiger partial charge on any atom is 0.0289 e. The van der Waals surface area contributed by atoms with Crippen LogP contribution in [0.3, 0.4) is 0 Å². The molecule has 0 saturated heterocycles. The minimum atomic E-state index is 0.440. The van der Waals surface area contributed by atoms with Crippen LogP contribution in [0.25, 0.3) is 0 Å². The molecule has 102 valence electrons. The van der Waals surface area contributed by atoms with Gasteiger partial charge < -0.3 is 5.32 Å². The number of rotatable bonds is 9. The summed E-state index contributed by atoms with van der Waals surface area (Å²) in [4.78, 5) is 1.41. The summed E-state index contributed by atoms with van der Waals surface area (Å²) < 4.78 is 0. The number of hydrogen-bond donors (Lipinski definition) is 1. The second kappa shape index (κ2) is 9.46. The lowest BCUT2D eigenvalue weighted by Crippen LogP contribution is -2.11. The van der Waals surface area contributed by atoms with Crippen LogP contribution in [0.5, 0.6) is 0 Å². The maximum atomic E-state index is 3.29. The van der Waals surface area contributed by atoms with Gasteiger partial charge in [-0.05, 0) is 43.8 Å². The van der Waals surface area contributed by atoms with Gasteiger partial charge in [-0.1, -0.05) is 44.7 Å². The predicted octanol–water partition coefficient (Wildman–Crippen LogP) is 5.03. The SMILES string of the molecule is CCCCCCCSc1cccc(C(C)NC)c1. The van der Waals surface area contributed by atoms with Gasteiger partial charge in [-0.3, -0.25) is 0 Å². The largest absolute Gasteiger partial charge is 0.313 e. The molecule has 0 aliphatic rings. The van der Waals surface area contributed by atoms with Gasteiger partial charge in [-0.2, -0.15) is 0 Å². The first-order chi connectivity index (χ1) is 8.77. The third kappa shape index (κ3) is 5.92. The number of thioether (sulfide) groups is 1. The zero-order valence-electron chi connectivity index (χ0n) is 12.0. The van der Waals surface area contributed by atoms with E-state index in [0.717, 1.165) is 0 Å². The van der Waals surface area contributed by atoms with Crippen LogP contribution in [0.1, 0.15) is 57.6 Å². The van der Waals surface area contributed by atoms with Crippen molar-refractivity contribution in [1.82, 2.24) is 5.32 Å². The van der Waals surface area contributed by atoms with Gasteiger partial charge in [0, 0.05) is 10.9 Å². The molecular formula is C16H27NS. The van der Waals surface area contributed by atoms with Crippen molar-refractivity contribution < 1.29 is 0 Å². The number of benzene rings is 1. The smallest absolute Gasteiger partial charge is 0.0289 e. The van der Waals surface area contributed by atoms with Crippen LogP contribution in [-0.2, 0) is 0 Å². The van der Waals surface area contributed by atoms with Gasteiger partial charge in [-0.15, -0.1) is 11.8 Å². The van der Waals surface area contributed by atoms with E-state index in [9.17, 15) is 0 Å². The van der Waals surface area contributed by atoms with Gasteiger partial charge >= 0.3 is 0 Å². The fourth-order valence-electron chi connectivity index (χ4n) is 1.94. The van der Waals surface area contributed by atoms with Gasteiger partial charge in [0.2, 0.25) is 0 Å². The Morgan fingerprint density at radius 3 is 2.67 bits per heavy atom. The van der Waals surface area contributed by atoms with Gasteiger partial charge in [-0.25, -0.2) is 0 Å². The van der Waals surface area contributed by atoms with Crippen LogP contribution in [0.2, 0.25) is 0 Å². The highest BCUT2D eigenvalue weighted by molar-refractivity contribution is 7.99. The second-order valence-corrected chi connectivity index (χ2v) is 6.01. The first-order valence-corrected chi connectivity index (χ1v) is 8.16. The average Bonchev–Trinajstić information content (AvgIpc) is 2.42. The molecule has 1 atom stereocenters. The van der Waals surface area contributed by atoms with Gasteiger partial charge in [0.1, 0.15) is 0 Å². The van der Waals surface area contributed by atoms with Crippen LogP contribution in [0.15, 0.2) is 29.2 Å². The highest BCUT2D eigenvalue weighted by atomic mass is 32.2. The monoisotopic (exact) mass is 265 g/mol. The molecule has 0 bridgehead atoms. The Morgan fingerprint density at radius 1 is 1.17 bits per heavy atom. The quantitative estimate of drug-likeness (QED) is 0.496. The van der Waals surface area contributed by atoms with Crippen molar-refractivity contribution in [2.75, 3.05) is 12.8 Å². The van der Waals surface area contributed by atoms with Gasteiger partial charge in [0.25, 0.3) is 0 Å². The van der Waals surface area contributed by atoms with Crippen molar-refractivity contribution in [3.05, 3.63) is 29.8 Å². The Hall–Kier alpha value is -0.470. The molecule has 1 nitrogen and oxygen atoms in total. The summed E-state index contributed by atoms with van der Waals surface area (Å²) in [5, 5.41) is 3.29. The fourth-order valence-corrected chi connectivity index (χ4v) is 2.91. The average molecular weight is 265 g/mol. The molecule has 0 heterocycles. The van der Waals surface area contributed by atoms with Crippen molar-refractivity contribution in [1.29, 1.82) is 0 Å². The van der Waals surface area contributed by atoms with Gasteiger partial charge in [0.15, 0.2) is 0 Å². The molecule has 1 rings (SSSR count). The van der Waals surface area contributed by atoms with E-state index in [1.54, 1.807) is 0 Å². The summed E-state index contributed by atoms with van der Waals surface area (Å²) in [5.41, 5.74) is 1.38. The van der Waals surface area contributed by atoms with Crippen LogP contribution < -0.4 is 5.32 Å². The van der Waals surface area contributed by atoms with Crippen LogP contribution >= 0.6 is 11.8 Å². The normalized spacial score (nSPS) is 12.6. The molecule has 18 heavy (non-hydrogen) atoms. The van der Waals surface area contributed by atoms with Crippen LogP contribution in [0.4, 0.5) is 0 Å². The topological polar surface area (TPSA) is 12.0 Å².